The third kappa shape index (κ3) is 7.00. The minimum absolute atomic E-state index is 0.211. The number of anilines is 1. The van der Waals surface area contributed by atoms with Crippen LogP contribution < -0.4 is 10.6 Å². The summed E-state index contributed by atoms with van der Waals surface area (Å²) in [5.41, 5.74) is 0.994. The van der Waals surface area contributed by atoms with Crippen molar-refractivity contribution in [2.45, 2.75) is 34.1 Å². The molecule has 3 rings (SSSR count). The molecule has 0 bridgehead atoms. The van der Waals surface area contributed by atoms with Gasteiger partial charge >= 0.3 is 5.97 Å². The summed E-state index contributed by atoms with van der Waals surface area (Å²) < 4.78 is 4.97. The highest BCUT2D eigenvalue weighted by Gasteiger charge is 2.39. The molecule has 8 heteroatoms. The Hall–Kier alpha value is -4.07. The van der Waals surface area contributed by atoms with Gasteiger partial charge in [0.2, 0.25) is 0 Å². The normalized spacial score (nSPS) is 12.7. The van der Waals surface area contributed by atoms with Crippen LogP contribution in [0.1, 0.15) is 54.8 Å². The van der Waals surface area contributed by atoms with E-state index in [1.807, 2.05) is 6.07 Å². The maximum Gasteiger partial charge on any atom is 0.310 e. The van der Waals surface area contributed by atoms with Gasteiger partial charge in [-0.2, -0.15) is 0 Å². The SMILES string of the molecule is C=C(/C=C\C(=C)OC)NCCNc1ccc2c3c(cccc13)C(=O)N(CC(C)(C)C(=O)O)C2=O.CCC. The standard InChI is InChI=1S/C26H29N3O5.C3H8/c1-16(9-10-17(2)34-5)27-13-14-28-21-12-11-20-22-18(21)7-6-8-19(22)23(30)29(24(20)31)15-26(3,4)25(32)33;1-3-2/h6-12,27-28H,1-2,13-15H2,3-5H3,(H,32,33);3H2,1-2H3/b10-9-;. The highest BCUT2D eigenvalue weighted by molar-refractivity contribution is 6.26. The van der Waals surface area contributed by atoms with Gasteiger partial charge in [0.15, 0.2) is 0 Å². The molecule has 2 aromatic carbocycles. The van der Waals surface area contributed by atoms with Crippen molar-refractivity contribution in [3.05, 3.63) is 78.2 Å². The number of rotatable bonds is 11. The fourth-order valence-corrected chi connectivity index (χ4v) is 3.65. The van der Waals surface area contributed by atoms with E-state index < -0.39 is 23.2 Å². The summed E-state index contributed by atoms with van der Waals surface area (Å²) in [5, 5.41) is 17.3. The summed E-state index contributed by atoms with van der Waals surface area (Å²) in [5.74, 6) is -1.53. The molecule has 1 heterocycles. The van der Waals surface area contributed by atoms with Crippen LogP contribution in [-0.2, 0) is 9.53 Å². The molecule has 1 aliphatic heterocycles. The topological polar surface area (TPSA) is 108 Å². The van der Waals surface area contributed by atoms with Crippen molar-refractivity contribution in [3.63, 3.8) is 0 Å². The quantitative estimate of drug-likeness (QED) is 0.166. The molecule has 8 nitrogen and oxygen atoms in total. The van der Waals surface area contributed by atoms with Crippen molar-refractivity contribution in [1.29, 1.82) is 0 Å². The monoisotopic (exact) mass is 507 g/mol. The van der Waals surface area contributed by atoms with Gasteiger partial charge in [-0.25, -0.2) is 0 Å². The number of nitrogens with one attached hydrogen (secondary N) is 2. The third-order valence-corrected chi connectivity index (χ3v) is 5.65. The molecule has 3 N–H and O–H groups in total. The Morgan fingerprint density at radius 1 is 1.05 bits per heavy atom. The zero-order valence-corrected chi connectivity index (χ0v) is 22.3. The number of methoxy groups -OCH3 is 1. The van der Waals surface area contributed by atoms with Crippen LogP contribution in [0.4, 0.5) is 5.69 Å². The van der Waals surface area contributed by atoms with Crippen molar-refractivity contribution in [3.8, 4) is 0 Å². The van der Waals surface area contributed by atoms with Crippen molar-refractivity contribution in [2.75, 3.05) is 32.1 Å². The first-order valence-corrected chi connectivity index (χ1v) is 12.2. The molecule has 0 aliphatic carbocycles. The molecule has 0 saturated heterocycles. The number of carbonyl (C=O) groups is 3. The summed E-state index contributed by atoms with van der Waals surface area (Å²) in [6.07, 6.45) is 4.73. The average Bonchev–Trinajstić information content (AvgIpc) is 2.86. The van der Waals surface area contributed by atoms with Crippen molar-refractivity contribution < 1.29 is 24.2 Å². The van der Waals surface area contributed by atoms with E-state index in [9.17, 15) is 19.5 Å². The first-order chi connectivity index (χ1) is 17.5. The molecule has 0 unspecified atom stereocenters. The van der Waals surface area contributed by atoms with E-state index in [0.717, 1.165) is 16.0 Å². The molecule has 0 spiro atoms. The molecule has 2 aromatic rings. The molecule has 198 valence electrons. The maximum absolute atomic E-state index is 13.1. The maximum atomic E-state index is 13.1. The number of amides is 2. The first-order valence-electron chi connectivity index (χ1n) is 12.2. The summed E-state index contributed by atoms with van der Waals surface area (Å²) >= 11 is 0. The van der Waals surface area contributed by atoms with Crippen LogP contribution in [-0.4, -0.2) is 54.5 Å². The number of carboxylic acid groups (broad SMARTS) is 1. The van der Waals surface area contributed by atoms with Crippen molar-refractivity contribution >= 4 is 34.2 Å². The third-order valence-electron chi connectivity index (χ3n) is 5.65. The Morgan fingerprint density at radius 2 is 1.68 bits per heavy atom. The molecular formula is C29H37N3O5. The van der Waals surface area contributed by atoms with E-state index in [1.54, 1.807) is 43.5 Å². The largest absolute Gasteiger partial charge is 0.497 e. The molecule has 1 aliphatic rings. The van der Waals surface area contributed by atoms with Gasteiger partial charge in [0.25, 0.3) is 11.8 Å². The Labute approximate surface area is 218 Å². The highest BCUT2D eigenvalue weighted by Crippen LogP contribution is 2.35. The van der Waals surface area contributed by atoms with Gasteiger partial charge in [-0.05, 0) is 44.2 Å². The van der Waals surface area contributed by atoms with Crippen LogP contribution in [0, 0.1) is 5.41 Å². The lowest BCUT2D eigenvalue weighted by atomic mass is 9.89. The molecule has 0 aromatic heterocycles. The fraction of sp³-hybridized carbons (Fsp3) is 0.345. The van der Waals surface area contributed by atoms with Crippen molar-refractivity contribution in [1.82, 2.24) is 10.2 Å². The smallest absolute Gasteiger partial charge is 0.310 e. The van der Waals surface area contributed by atoms with Gasteiger partial charge in [0.05, 0.1) is 12.5 Å². The number of benzene rings is 2. The van der Waals surface area contributed by atoms with Crippen LogP contribution in [0.2, 0.25) is 0 Å². The van der Waals surface area contributed by atoms with Crippen LogP contribution >= 0.6 is 0 Å². The van der Waals surface area contributed by atoms with E-state index in [1.165, 1.54) is 20.3 Å². The number of hydrogen-bond donors (Lipinski definition) is 3. The number of hydrogen-bond acceptors (Lipinski definition) is 6. The molecule has 0 fully saturated rings. The molecule has 0 atom stereocenters. The van der Waals surface area contributed by atoms with Gasteiger partial charge in [0, 0.05) is 52.9 Å². The summed E-state index contributed by atoms with van der Waals surface area (Å²) in [7, 11) is 1.54. The number of carboxylic acids is 1. The molecule has 37 heavy (non-hydrogen) atoms. The van der Waals surface area contributed by atoms with E-state index in [0.29, 0.717) is 41.1 Å². The molecule has 0 saturated carbocycles. The van der Waals surface area contributed by atoms with Gasteiger partial charge in [-0.3, -0.25) is 19.3 Å². The predicted octanol–water partition coefficient (Wildman–Crippen LogP) is 5.19. The lowest BCUT2D eigenvalue weighted by molar-refractivity contribution is -0.147. The fourth-order valence-electron chi connectivity index (χ4n) is 3.65. The van der Waals surface area contributed by atoms with Crippen LogP contribution in [0.25, 0.3) is 10.8 Å². The lowest BCUT2D eigenvalue weighted by Gasteiger charge is -2.32. The number of imide groups is 1. The van der Waals surface area contributed by atoms with Crippen LogP contribution in [0.5, 0.6) is 0 Å². The zero-order chi connectivity index (χ0) is 27.8. The summed E-state index contributed by atoms with van der Waals surface area (Å²) in [6, 6.07) is 8.75. The number of ether oxygens (including phenoxy) is 1. The van der Waals surface area contributed by atoms with Crippen LogP contribution in [0.15, 0.2) is 67.1 Å². The van der Waals surface area contributed by atoms with E-state index >= 15 is 0 Å². The number of aliphatic carboxylic acids is 1. The minimum Gasteiger partial charge on any atom is -0.497 e. The predicted molar refractivity (Wildman–Crippen MR) is 148 cm³/mol. The Balaban J connectivity index is 0.00000153. The zero-order valence-electron chi connectivity index (χ0n) is 22.3. The van der Waals surface area contributed by atoms with Gasteiger partial charge in [-0.15, -0.1) is 0 Å². The second kappa shape index (κ2) is 12.8. The van der Waals surface area contributed by atoms with Crippen LogP contribution in [0.3, 0.4) is 0 Å². The molecule has 0 radical (unpaired) electrons. The summed E-state index contributed by atoms with van der Waals surface area (Å²) in [6.45, 7) is 15.8. The lowest BCUT2D eigenvalue weighted by Crippen LogP contribution is -2.47. The highest BCUT2D eigenvalue weighted by atomic mass is 16.5. The minimum atomic E-state index is -1.26. The average molecular weight is 508 g/mol. The Bertz CT molecular complexity index is 1210. The van der Waals surface area contributed by atoms with Gasteiger partial charge in [-0.1, -0.05) is 45.6 Å². The van der Waals surface area contributed by atoms with E-state index in [-0.39, 0.29) is 6.54 Å². The van der Waals surface area contributed by atoms with Gasteiger partial charge < -0.3 is 20.5 Å². The molecule has 2 amide bonds. The van der Waals surface area contributed by atoms with Gasteiger partial charge in [0.1, 0.15) is 5.76 Å². The first kappa shape index (κ1) is 29.2. The number of nitrogens with zero attached hydrogens (tertiary/aromatic N) is 1. The second-order valence-electron chi connectivity index (χ2n) is 9.36. The second-order valence-corrected chi connectivity index (χ2v) is 9.36. The Kier molecular flexibility index (Phi) is 10.1. The Morgan fingerprint density at radius 3 is 2.27 bits per heavy atom. The number of carbonyl (C=O) groups excluding carboxylic acids is 2. The molecular weight excluding hydrogens is 470 g/mol. The summed E-state index contributed by atoms with van der Waals surface area (Å²) in [4.78, 5) is 38.9. The number of allylic oxidation sites excluding steroid dienone is 2. The van der Waals surface area contributed by atoms with E-state index in [2.05, 4.69) is 37.6 Å². The van der Waals surface area contributed by atoms with E-state index in [4.69, 9.17) is 4.74 Å². The van der Waals surface area contributed by atoms with Crippen molar-refractivity contribution in [2.24, 2.45) is 5.41 Å².